The topological polar surface area (TPSA) is 42.4 Å². The van der Waals surface area contributed by atoms with E-state index >= 15 is 0 Å². The van der Waals surface area contributed by atoms with Gasteiger partial charge in [-0.1, -0.05) is 20.8 Å². The number of hydrogen-bond acceptors (Lipinski definition) is 3. The molecule has 1 aromatic rings. The van der Waals surface area contributed by atoms with Crippen molar-refractivity contribution in [3.8, 4) is 0 Å². The first-order chi connectivity index (χ1) is 8.02. The van der Waals surface area contributed by atoms with Gasteiger partial charge in [0, 0.05) is 18.6 Å². The number of hydrogen-bond donors (Lipinski definition) is 1. The molecule has 3 heteroatoms. The summed E-state index contributed by atoms with van der Waals surface area (Å²) >= 11 is 0. The average Bonchev–Trinajstić information content (AvgIpc) is 2.95. The van der Waals surface area contributed by atoms with Crippen LogP contribution >= 0.6 is 0 Å². The van der Waals surface area contributed by atoms with Crippen molar-refractivity contribution in [2.75, 3.05) is 6.54 Å². The molecule has 0 amide bonds. The summed E-state index contributed by atoms with van der Waals surface area (Å²) in [7, 11) is 0. The summed E-state index contributed by atoms with van der Waals surface area (Å²) in [4.78, 5) is 2.53. The standard InChI is InChI=1S/C14H24N2O/c1-14(2,3)13(9-15)16(11-6-7-11)10-12-5-4-8-17-12/h4-5,8,11,13H,6-7,9-10,15H2,1-3H3. The van der Waals surface area contributed by atoms with Crippen LogP contribution in [0.2, 0.25) is 0 Å². The first kappa shape index (κ1) is 12.7. The van der Waals surface area contributed by atoms with Crippen LogP contribution in [-0.2, 0) is 6.54 Å². The first-order valence-corrected chi connectivity index (χ1v) is 6.50. The van der Waals surface area contributed by atoms with E-state index in [-0.39, 0.29) is 5.41 Å². The van der Waals surface area contributed by atoms with Crippen LogP contribution in [0.5, 0.6) is 0 Å². The van der Waals surface area contributed by atoms with Gasteiger partial charge in [0.15, 0.2) is 0 Å². The van der Waals surface area contributed by atoms with E-state index < -0.39 is 0 Å². The second-order valence-corrected chi connectivity index (χ2v) is 6.10. The number of nitrogens with two attached hydrogens (primary N) is 1. The van der Waals surface area contributed by atoms with Crippen LogP contribution < -0.4 is 5.73 Å². The van der Waals surface area contributed by atoms with Crippen LogP contribution in [0.1, 0.15) is 39.4 Å². The molecule has 1 fully saturated rings. The fourth-order valence-electron chi connectivity index (χ4n) is 2.47. The number of furan rings is 1. The van der Waals surface area contributed by atoms with E-state index in [0.29, 0.717) is 18.6 Å². The molecule has 2 rings (SSSR count). The van der Waals surface area contributed by atoms with Gasteiger partial charge in [0.2, 0.25) is 0 Å². The molecule has 0 saturated heterocycles. The lowest BCUT2D eigenvalue weighted by atomic mass is 9.85. The van der Waals surface area contributed by atoms with Gasteiger partial charge in [0.25, 0.3) is 0 Å². The molecule has 3 nitrogen and oxygen atoms in total. The monoisotopic (exact) mass is 236 g/mol. The van der Waals surface area contributed by atoms with E-state index in [1.807, 2.05) is 12.1 Å². The lowest BCUT2D eigenvalue weighted by Crippen LogP contribution is -2.49. The number of nitrogens with zero attached hydrogens (tertiary/aromatic N) is 1. The van der Waals surface area contributed by atoms with Gasteiger partial charge in [0.1, 0.15) is 5.76 Å². The molecular weight excluding hydrogens is 212 g/mol. The van der Waals surface area contributed by atoms with Gasteiger partial charge in [-0.25, -0.2) is 0 Å². The SMILES string of the molecule is CC(C)(C)C(CN)N(Cc1ccco1)C1CC1. The van der Waals surface area contributed by atoms with E-state index in [2.05, 4.69) is 25.7 Å². The highest BCUT2D eigenvalue weighted by molar-refractivity contribution is 5.02. The Morgan fingerprint density at radius 3 is 2.59 bits per heavy atom. The highest BCUT2D eigenvalue weighted by Gasteiger charge is 2.38. The minimum Gasteiger partial charge on any atom is -0.468 e. The first-order valence-electron chi connectivity index (χ1n) is 6.50. The van der Waals surface area contributed by atoms with Gasteiger partial charge in [0.05, 0.1) is 12.8 Å². The van der Waals surface area contributed by atoms with Crippen molar-refractivity contribution in [2.24, 2.45) is 11.1 Å². The molecule has 1 atom stereocenters. The Hall–Kier alpha value is -0.800. The molecule has 1 unspecified atom stereocenters. The molecule has 0 bridgehead atoms. The molecule has 0 spiro atoms. The molecule has 2 N–H and O–H groups in total. The largest absolute Gasteiger partial charge is 0.468 e. The third-order valence-electron chi connectivity index (χ3n) is 3.56. The maximum atomic E-state index is 5.98. The summed E-state index contributed by atoms with van der Waals surface area (Å²) in [5.41, 5.74) is 6.19. The average molecular weight is 236 g/mol. The van der Waals surface area contributed by atoms with Gasteiger partial charge in [-0.05, 0) is 30.4 Å². The summed E-state index contributed by atoms with van der Waals surface area (Å²) in [5, 5.41) is 0. The summed E-state index contributed by atoms with van der Waals surface area (Å²) in [6.45, 7) is 8.39. The molecular formula is C14H24N2O. The van der Waals surface area contributed by atoms with Gasteiger partial charge in [-0.3, -0.25) is 4.90 Å². The zero-order valence-corrected chi connectivity index (χ0v) is 11.1. The minimum atomic E-state index is 0.212. The highest BCUT2D eigenvalue weighted by atomic mass is 16.3. The molecule has 17 heavy (non-hydrogen) atoms. The summed E-state index contributed by atoms with van der Waals surface area (Å²) in [6.07, 6.45) is 4.34. The van der Waals surface area contributed by atoms with E-state index in [1.54, 1.807) is 6.26 Å². The van der Waals surface area contributed by atoms with Crippen molar-refractivity contribution in [3.63, 3.8) is 0 Å². The quantitative estimate of drug-likeness (QED) is 0.854. The fraction of sp³-hybridized carbons (Fsp3) is 0.714. The zero-order chi connectivity index (χ0) is 12.5. The Bertz CT molecular complexity index is 336. The molecule has 1 aliphatic carbocycles. The minimum absolute atomic E-state index is 0.212. The van der Waals surface area contributed by atoms with Crippen molar-refractivity contribution in [1.29, 1.82) is 0 Å². The molecule has 1 aliphatic rings. The predicted molar refractivity (Wildman–Crippen MR) is 69.6 cm³/mol. The Labute approximate surface area is 104 Å². The van der Waals surface area contributed by atoms with Crippen molar-refractivity contribution >= 4 is 0 Å². The summed E-state index contributed by atoms with van der Waals surface area (Å²) in [6, 6.07) is 5.12. The summed E-state index contributed by atoms with van der Waals surface area (Å²) < 4.78 is 5.47. The van der Waals surface area contributed by atoms with Crippen LogP contribution in [0.4, 0.5) is 0 Å². The molecule has 1 saturated carbocycles. The van der Waals surface area contributed by atoms with Crippen LogP contribution in [0.25, 0.3) is 0 Å². The van der Waals surface area contributed by atoms with Crippen LogP contribution in [0, 0.1) is 5.41 Å². The van der Waals surface area contributed by atoms with Crippen LogP contribution in [0.15, 0.2) is 22.8 Å². The van der Waals surface area contributed by atoms with E-state index in [0.717, 1.165) is 12.3 Å². The van der Waals surface area contributed by atoms with Crippen LogP contribution in [0.3, 0.4) is 0 Å². The zero-order valence-electron chi connectivity index (χ0n) is 11.1. The lowest BCUT2D eigenvalue weighted by molar-refractivity contribution is 0.0828. The van der Waals surface area contributed by atoms with E-state index in [4.69, 9.17) is 10.2 Å². The Balaban J connectivity index is 2.10. The highest BCUT2D eigenvalue weighted by Crippen LogP contribution is 2.35. The molecule has 1 heterocycles. The predicted octanol–water partition coefficient (Wildman–Crippen LogP) is 2.62. The smallest absolute Gasteiger partial charge is 0.117 e. The van der Waals surface area contributed by atoms with Gasteiger partial charge < -0.3 is 10.2 Å². The Kier molecular flexibility index (Phi) is 3.59. The lowest BCUT2D eigenvalue weighted by Gasteiger charge is -2.39. The van der Waals surface area contributed by atoms with Crippen LogP contribution in [-0.4, -0.2) is 23.5 Å². The third kappa shape index (κ3) is 3.11. The molecule has 0 aliphatic heterocycles. The van der Waals surface area contributed by atoms with Crippen molar-refractivity contribution in [1.82, 2.24) is 4.90 Å². The normalized spacial score (nSPS) is 18.6. The second-order valence-electron chi connectivity index (χ2n) is 6.10. The fourth-order valence-corrected chi connectivity index (χ4v) is 2.47. The maximum absolute atomic E-state index is 5.98. The van der Waals surface area contributed by atoms with Crippen molar-refractivity contribution in [2.45, 2.75) is 52.2 Å². The Morgan fingerprint density at radius 2 is 2.18 bits per heavy atom. The molecule has 0 radical (unpaired) electrons. The Morgan fingerprint density at radius 1 is 1.47 bits per heavy atom. The number of rotatable bonds is 5. The van der Waals surface area contributed by atoms with Crippen molar-refractivity contribution in [3.05, 3.63) is 24.2 Å². The molecule has 0 aromatic carbocycles. The van der Waals surface area contributed by atoms with Gasteiger partial charge in [-0.2, -0.15) is 0 Å². The van der Waals surface area contributed by atoms with Gasteiger partial charge in [-0.15, -0.1) is 0 Å². The van der Waals surface area contributed by atoms with Gasteiger partial charge >= 0.3 is 0 Å². The molecule has 96 valence electrons. The maximum Gasteiger partial charge on any atom is 0.117 e. The molecule has 1 aromatic heterocycles. The summed E-state index contributed by atoms with van der Waals surface area (Å²) in [5.74, 6) is 1.04. The van der Waals surface area contributed by atoms with E-state index in [9.17, 15) is 0 Å². The van der Waals surface area contributed by atoms with E-state index in [1.165, 1.54) is 12.8 Å². The second kappa shape index (κ2) is 4.83. The van der Waals surface area contributed by atoms with Crippen molar-refractivity contribution < 1.29 is 4.42 Å². The third-order valence-corrected chi connectivity index (χ3v) is 3.56.